The molecule has 6 nitrogen and oxygen atoms in total. The van der Waals surface area contributed by atoms with Crippen LogP contribution in [0.2, 0.25) is 0 Å². The summed E-state index contributed by atoms with van der Waals surface area (Å²) in [7, 11) is 0. The Hall–Kier alpha value is -1.43. The van der Waals surface area contributed by atoms with E-state index in [0.717, 1.165) is 44.6 Å². The summed E-state index contributed by atoms with van der Waals surface area (Å²) in [5.74, 6) is 1.66. The maximum atomic E-state index is 12.5. The van der Waals surface area contributed by atoms with Crippen molar-refractivity contribution < 1.29 is 4.79 Å². The number of nitrogens with one attached hydrogen (secondary N) is 2. The van der Waals surface area contributed by atoms with Crippen molar-refractivity contribution in [2.75, 3.05) is 19.6 Å². The third kappa shape index (κ3) is 2.63. The van der Waals surface area contributed by atoms with Crippen molar-refractivity contribution in [3.63, 3.8) is 0 Å². The summed E-state index contributed by atoms with van der Waals surface area (Å²) in [6.45, 7) is 4.65. The predicted octanol–water partition coefficient (Wildman–Crippen LogP) is 0.896. The lowest BCUT2D eigenvalue weighted by molar-refractivity contribution is 0.0650. The monoisotopic (exact) mass is 263 g/mol. The number of piperidine rings is 1. The van der Waals surface area contributed by atoms with Gasteiger partial charge in [0.2, 0.25) is 5.82 Å². The number of likely N-dealkylation sites (N-methyl/N-ethyl adjacent to an activating group) is 1. The van der Waals surface area contributed by atoms with Crippen LogP contribution < -0.4 is 5.32 Å². The quantitative estimate of drug-likeness (QED) is 0.846. The first-order valence-corrected chi connectivity index (χ1v) is 7.23. The van der Waals surface area contributed by atoms with Gasteiger partial charge in [0.25, 0.3) is 5.91 Å². The van der Waals surface area contributed by atoms with E-state index >= 15 is 0 Å². The zero-order chi connectivity index (χ0) is 13.2. The van der Waals surface area contributed by atoms with Gasteiger partial charge in [0.15, 0.2) is 0 Å². The van der Waals surface area contributed by atoms with Crippen molar-refractivity contribution in [1.82, 2.24) is 25.4 Å². The predicted molar refractivity (Wildman–Crippen MR) is 71.0 cm³/mol. The van der Waals surface area contributed by atoms with Gasteiger partial charge in [-0.25, -0.2) is 4.98 Å². The van der Waals surface area contributed by atoms with Gasteiger partial charge in [-0.1, -0.05) is 0 Å². The van der Waals surface area contributed by atoms with Crippen LogP contribution in [0.3, 0.4) is 0 Å². The molecule has 19 heavy (non-hydrogen) atoms. The Bertz CT molecular complexity index is 448. The molecule has 1 aliphatic carbocycles. The SMILES string of the molecule is CCN(C(=O)c1n[nH]c(C2CC2)n1)C1CCCNC1. The van der Waals surface area contributed by atoms with Crippen molar-refractivity contribution in [2.45, 2.75) is 44.6 Å². The molecule has 1 unspecified atom stereocenters. The molecule has 3 rings (SSSR count). The molecule has 1 aromatic rings. The molecule has 1 aliphatic heterocycles. The van der Waals surface area contributed by atoms with Gasteiger partial charge in [-0.3, -0.25) is 9.89 Å². The number of H-pyrrole nitrogens is 1. The second-order valence-corrected chi connectivity index (χ2v) is 5.41. The molecule has 1 saturated carbocycles. The molecule has 0 radical (unpaired) electrons. The molecule has 1 amide bonds. The molecule has 2 N–H and O–H groups in total. The number of carbonyl (C=O) groups is 1. The van der Waals surface area contributed by atoms with E-state index in [4.69, 9.17) is 0 Å². The Morgan fingerprint density at radius 3 is 2.89 bits per heavy atom. The third-order valence-corrected chi connectivity index (χ3v) is 3.97. The van der Waals surface area contributed by atoms with Crippen LogP contribution in [0.25, 0.3) is 0 Å². The Morgan fingerprint density at radius 2 is 2.26 bits per heavy atom. The Morgan fingerprint density at radius 1 is 1.42 bits per heavy atom. The van der Waals surface area contributed by atoms with Gasteiger partial charge < -0.3 is 10.2 Å². The summed E-state index contributed by atoms with van der Waals surface area (Å²) in [6.07, 6.45) is 4.50. The summed E-state index contributed by atoms with van der Waals surface area (Å²) in [4.78, 5) is 18.7. The van der Waals surface area contributed by atoms with Crippen LogP contribution in [0.4, 0.5) is 0 Å². The minimum Gasteiger partial charge on any atom is -0.332 e. The number of nitrogens with zero attached hydrogens (tertiary/aromatic N) is 3. The highest BCUT2D eigenvalue weighted by atomic mass is 16.2. The normalized spacial score (nSPS) is 23.3. The minimum atomic E-state index is -0.0423. The molecule has 1 aromatic heterocycles. The van der Waals surface area contributed by atoms with Crippen LogP contribution in [-0.2, 0) is 0 Å². The van der Waals surface area contributed by atoms with Crippen LogP contribution in [0.1, 0.15) is 55.0 Å². The standard InChI is InChI=1S/C13H21N5O/c1-2-18(10-4-3-7-14-8-10)13(19)12-15-11(16-17-12)9-5-6-9/h9-10,14H,2-8H2,1H3,(H,15,16,17). The van der Waals surface area contributed by atoms with Crippen LogP contribution in [0, 0.1) is 0 Å². The lowest BCUT2D eigenvalue weighted by Gasteiger charge is -2.33. The number of carbonyl (C=O) groups excluding carboxylic acids is 1. The van der Waals surface area contributed by atoms with E-state index in [1.165, 1.54) is 0 Å². The number of hydrogen-bond acceptors (Lipinski definition) is 4. The van der Waals surface area contributed by atoms with Crippen LogP contribution in [0.15, 0.2) is 0 Å². The average molecular weight is 263 g/mol. The summed E-state index contributed by atoms with van der Waals surface area (Å²) >= 11 is 0. The van der Waals surface area contributed by atoms with Crippen molar-refractivity contribution in [2.24, 2.45) is 0 Å². The van der Waals surface area contributed by atoms with Crippen molar-refractivity contribution in [3.8, 4) is 0 Å². The topological polar surface area (TPSA) is 73.9 Å². The molecule has 0 aromatic carbocycles. The molecular formula is C13H21N5O. The molecule has 104 valence electrons. The van der Waals surface area contributed by atoms with Gasteiger partial charge in [0.05, 0.1) is 0 Å². The Balaban J connectivity index is 1.71. The lowest BCUT2D eigenvalue weighted by Crippen LogP contribution is -2.48. The van der Waals surface area contributed by atoms with Gasteiger partial charge in [-0.2, -0.15) is 0 Å². The summed E-state index contributed by atoms with van der Waals surface area (Å²) in [5.41, 5.74) is 0. The summed E-state index contributed by atoms with van der Waals surface area (Å²) < 4.78 is 0. The molecule has 1 saturated heterocycles. The number of aromatic nitrogens is 3. The highest BCUT2D eigenvalue weighted by Gasteiger charge is 2.31. The second kappa shape index (κ2) is 5.28. The van der Waals surface area contributed by atoms with Gasteiger partial charge in [0, 0.05) is 25.0 Å². The van der Waals surface area contributed by atoms with Gasteiger partial charge in [0.1, 0.15) is 5.82 Å². The van der Waals surface area contributed by atoms with E-state index in [0.29, 0.717) is 18.3 Å². The van der Waals surface area contributed by atoms with E-state index < -0.39 is 0 Å². The van der Waals surface area contributed by atoms with Gasteiger partial charge >= 0.3 is 0 Å². The number of rotatable bonds is 4. The fourth-order valence-electron chi connectivity index (χ4n) is 2.70. The largest absolute Gasteiger partial charge is 0.332 e. The van der Waals surface area contributed by atoms with E-state index in [1.807, 2.05) is 11.8 Å². The maximum absolute atomic E-state index is 12.5. The minimum absolute atomic E-state index is 0.0423. The smallest absolute Gasteiger partial charge is 0.293 e. The van der Waals surface area contributed by atoms with Crippen LogP contribution in [0.5, 0.6) is 0 Å². The fraction of sp³-hybridized carbons (Fsp3) is 0.769. The molecule has 0 bridgehead atoms. The molecule has 2 fully saturated rings. The summed E-state index contributed by atoms with van der Waals surface area (Å²) in [5, 5.41) is 10.3. The average Bonchev–Trinajstić information content (AvgIpc) is 3.18. The van der Waals surface area contributed by atoms with E-state index in [-0.39, 0.29) is 11.9 Å². The molecule has 6 heteroatoms. The highest BCUT2D eigenvalue weighted by Crippen LogP contribution is 2.37. The van der Waals surface area contributed by atoms with E-state index in [1.54, 1.807) is 0 Å². The van der Waals surface area contributed by atoms with Crippen LogP contribution >= 0.6 is 0 Å². The Kier molecular flexibility index (Phi) is 3.50. The molecule has 2 aliphatic rings. The first kappa shape index (κ1) is 12.6. The lowest BCUT2D eigenvalue weighted by atomic mass is 10.1. The molecule has 0 spiro atoms. The zero-order valence-electron chi connectivity index (χ0n) is 11.4. The molecule has 1 atom stereocenters. The second-order valence-electron chi connectivity index (χ2n) is 5.41. The van der Waals surface area contributed by atoms with Crippen molar-refractivity contribution >= 4 is 5.91 Å². The Labute approximate surface area is 113 Å². The van der Waals surface area contributed by atoms with Crippen molar-refractivity contribution in [3.05, 3.63) is 11.6 Å². The van der Waals surface area contributed by atoms with E-state index in [9.17, 15) is 4.79 Å². The fourth-order valence-corrected chi connectivity index (χ4v) is 2.70. The summed E-state index contributed by atoms with van der Waals surface area (Å²) in [6, 6.07) is 0.272. The third-order valence-electron chi connectivity index (χ3n) is 3.97. The first-order valence-electron chi connectivity index (χ1n) is 7.23. The first-order chi connectivity index (χ1) is 9.29. The highest BCUT2D eigenvalue weighted by molar-refractivity contribution is 5.90. The maximum Gasteiger partial charge on any atom is 0.293 e. The number of aromatic amines is 1. The van der Waals surface area contributed by atoms with Gasteiger partial charge in [-0.15, -0.1) is 5.10 Å². The molecule has 2 heterocycles. The van der Waals surface area contributed by atoms with Crippen LogP contribution in [-0.4, -0.2) is 51.7 Å². The zero-order valence-corrected chi connectivity index (χ0v) is 11.4. The van der Waals surface area contributed by atoms with Crippen molar-refractivity contribution in [1.29, 1.82) is 0 Å². The number of hydrogen-bond donors (Lipinski definition) is 2. The van der Waals surface area contributed by atoms with E-state index in [2.05, 4.69) is 20.5 Å². The van der Waals surface area contributed by atoms with Gasteiger partial charge in [-0.05, 0) is 39.2 Å². The number of amides is 1. The molecular weight excluding hydrogens is 242 g/mol.